The van der Waals surface area contributed by atoms with Gasteiger partial charge in [-0.3, -0.25) is 9.48 Å². The number of piperidine rings is 1. The summed E-state index contributed by atoms with van der Waals surface area (Å²) in [5.41, 5.74) is 3.49. The summed E-state index contributed by atoms with van der Waals surface area (Å²) in [5.74, 6) is -1.46. The van der Waals surface area contributed by atoms with Gasteiger partial charge in [-0.1, -0.05) is 6.07 Å². The number of fused-ring (bicyclic) bond motifs is 2. The number of alkyl halides is 5. The van der Waals surface area contributed by atoms with Gasteiger partial charge in [0.2, 0.25) is 0 Å². The van der Waals surface area contributed by atoms with Crippen molar-refractivity contribution in [1.29, 1.82) is 0 Å². The molecule has 1 fully saturated rings. The average molecular weight is 561 g/mol. The lowest BCUT2D eigenvalue weighted by molar-refractivity contribution is -0.141. The van der Waals surface area contributed by atoms with Crippen LogP contribution < -0.4 is 10.1 Å². The van der Waals surface area contributed by atoms with Crippen molar-refractivity contribution >= 4 is 16.9 Å². The number of benzene rings is 2. The summed E-state index contributed by atoms with van der Waals surface area (Å²) < 4.78 is 77.9. The van der Waals surface area contributed by atoms with E-state index in [1.54, 1.807) is 6.07 Å². The third-order valence-corrected chi connectivity index (χ3v) is 7.43. The van der Waals surface area contributed by atoms with Crippen molar-refractivity contribution in [3.05, 3.63) is 60.1 Å². The Morgan fingerprint density at radius 3 is 2.65 bits per heavy atom. The molecule has 0 aliphatic carbocycles. The van der Waals surface area contributed by atoms with Crippen molar-refractivity contribution in [3.8, 4) is 28.0 Å². The molecule has 7 nitrogen and oxygen atoms in total. The van der Waals surface area contributed by atoms with Gasteiger partial charge < -0.3 is 19.4 Å². The van der Waals surface area contributed by atoms with Crippen LogP contribution in [0.2, 0.25) is 0 Å². The predicted molar refractivity (Wildman–Crippen MR) is 136 cm³/mol. The lowest BCUT2D eigenvalue weighted by Gasteiger charge is -2.30. The second-order valence-corrected chi connectivity index (χ2v) is 10.0. The number of carbonyl (C=O) groups excluding carboxylic acids is 1. The minimum atomic E-state index is -4.61. The molecule has 0 unspecified atom stereocenters. The maximum atomic E-state index is 13.3. The zero-order chi connectivity index (χ0) is 28.0. The molecule has 0 bridgehead atoms. The van der Waals surface area contributed by atoms with E-state index in [1.165, 1.54) is 12.3 Å². The Morgan fingerprint density at radius 2 is 1.90 bits per heavy atom. The molecule has 2 aromatic carbocycles. The first kappa shape index (κ1) is 26.3. The van der Waals surface area contributed by atoms with Gasteiger partial charge in [-0.2, -0.15) is 27.1 Å². The Balaban J connectivity index is 1.33. The van der Waals surface area contributed by atoms with Crippen LogP contribution in [0.1, 0.15) is 34.8 Å². The van der Waals surface area contributed by atoms with E-state index in [-0.39, 0.29) is 18.5 Å². The molecular weight excluding hydrogens is 535 g/mol. The van der Waals surface area contributed by atoms with Gasteiger partial charge in [-0.05, 0) is 73.3 Å². The summed E-state index contributed by atoms with van der Waals surface area (Å²) >= 11 is 0. The van der Waals surface area contributed by atoms with E-state index in [1.807, 2.05) is 35.3 Å². The monoisotopic (exact) mass is 560 g/mol. The number of hydrogen-bond donors (Lipinski definition) is 1. The van der Waals surface area contributed by atoms with Gasteiger partial charge in [0.1, 0.15) is 17.9 Å². The van der Waals surface area contributed by atoms with Gasteiger partial charge in [0, 0.05) is 29.3 Å². The van der Waals surface area contributed by atoms with Crippen LogP contribution in [0.5, 0.6) is 5.75 Å². The number of rotatable bonds is 6. The number of halogens is 5. The second kappa shape index (κ2) is 10.2. The number of ether oxygens (including phenoxy) is 1. The Hall–Kier alpha value is -3.93. The van der Waals surface area contributed by atoms with E-state index in [2.05, 4.69) is 15.2 Å². The van der Waals surface area contributed by atoms with Crippen LogP contribution in [0.25, 0.3) is 33.2 Å². The van der Waals surface area contributed by atoms with Crippen LogP contribution in [0.15, 0.2) is 53.4 Å². The fourth-order valence-corrected chi connectivity index (χ4v) is 5.53. The Morgan fingerprint density at radius 1 is 1.10 bits per heavy atom. The number of hydrogen-bond acceptors (Lipinski definition) is 5. The molecule has 1 saturated heterocycles. The molecule has 2 aromatic heterocycles. The van der Waals surface area contributed by atoms with Crippen molar-refractivity contribution in [2.45, 2.75) is 38.1 Å². The number of nitrogens with one attached hydrogen (secondary N) is 1. The van der Waals surface area contributed by atoms with Crippen molar-refractivity contribution in [2.24, 2.45) is 0 Å². The van der Waals surface area contributed by atoms with E-state index in [4.69, 9.17) is 4.42 Å². The first-order valence-electron chi connectivity index (χ1n) is 12.9. The highest BCUT2D eigenvalue weighted by Crippen LogP contribution is 2.39. The lowest BCUT2D eigenvalue weighted by Crippen LogP contribution is -2.43. The minimum Gasteiger partial charge on any atom is -0.464 e. The third-order valence-electron chi connectivity index (χ3n) is 7.43. The van der Waals surface area contributed by atoms with E-state index < -0.39 is 31.0 Å². The van der Waals surface area contributed by atoms with Gasteiger partial charge in [-0.15, -0.1) is 0 Å². The first-order chi connectivity index (χ1) is 19.2. The Kier molecular flexibility index (Phi) is 6.73. The number of amides is 1. The maximum Gasteiger partial charge on any atom is 0.406 e. The molecular formula is C28H25F5N4O3. The average Bonchev–Trinajstić information content (AvgIpc) is 3.57. The molecule has 0 atom stereocenters. The summed E-state index contributed by atoms with van der Waals surface area (Å²) in [6.45, 7) is -3.02. The standard InChI is InChI=1S/C28H25F5N4O3/c29-27(30)40-24-11-18(9-17-5-8-36(15-28(31,32)33)26(38)25(17)24)22-14-39-23-10-16(1-2-21(22)23)19-12-35-37(13-19)20-3-6-34-7-4-20/h1-2,9-14,20,27,34H,3-8,15H2. The zero-order valence-corrected chi connectivity index (χ0v) is 21.2. The third kappa shape index (κ3) is 5.15. The van der Waals surface area contributed by atoms with Gasteiger partial charge in [0.05, 0.1) is 24.1 Å². The maximum absolute atomic E-state index is 13.3. The molecule has 0 saturated carbocycles. The van der Waals surface area contributed by atoms with Gasteiger partial charge >= 0.3 is 12.8 Å². The lowest BCUT2D eigenvalue weighted by atomic mass is 9.92. The fraction of sp³-hybridized carbons (Fsp3) is 0.357. The van der Waals surface area contributed by atoms with E-state index in [0.717, 1.165) is 37.1 Å². The summed E-state index contributed by atoms with van der Waals surface area (Å²) in [6, 6.07) is 8.86. The van der Waals surface area contributed by atoms with Gasteiger partial charge in [0.15, 0.2) is 0 Å². The van der Waals surface area contributed by atoms with Gasteiger partial charge in [-0.25, -0.2) is 0 Å². The predicted octanol–water partition coefficient (Wildman–Crippen LogP) is 6.05. The summed E-state index contributed by atoms with van der Waals surface area (Å²) in [6.07, 6.45) is 2.77. The molecule has 1 N–H and O–H groups in total. The van der Waals surface area contributed by atoms with Crippen LogP contribution in [-0.2, 0) is 6.42 Å². The van der Waals surface area contributed by atoms with E-state index >= 15 is 0 Å². The van der Waals surface area contributed by atoms with Crippen LogP contribution >= 0.6 is 0 Å². The molecule has 210 valence electrons. The summed E-state index contributed by atoms with van der Waals surface area (Å²) in [7, 11) is 0. The minimum absolute atomic E-state index is 0.0611. The first-order valence-corrected chi connectivity index (χ1v) is 12.9. The molecule has 40 heavy (non-hydrogen) atoms. The Bertz CT molecular complexity index is 1560. The summed E-state index contributed by atoms with van der Waals surface area (Å²) in [4.78, 5) is 13.5. The molecule has 1 amide bonds. The van der Waals surface area contributed by atoms with Crippen LogP contribution in [0, 0.1) is 0 Å². The Labute approximate surface area is 225 Å². The zero-order valence-electron chi connectivity index (χ0n) is 21.2. The van der Waals surface area contributed by atoms with E-state index in [9.17, 15) is 26.7 Å². The molecule has 0 spiro atoms. The highest BCUT2D eigenvalue weighted by Gasteiger charge is 2.37. The molecule has 12 heteroatoms. The molecule has 6 rings (SSSR count). The normalized spacial score (nSPS) is 16.6. The molecule has 2 aliphatic rings. The SMILES string of the molecule is O=C1c2c(cc(-c3coc4cc(-c5cnn(C6CCNCC6)c5)ccc34)cc2OC(F)F)CCN1CC(F)(F)F. The highest BCUT2D eigenvalue weighted by atomic mass is 19.4. The topological polar surface area (TPSA) is 72.5 Å². The van der Waals surface area contributed by atoms with Gasteiger partial charge in [0.25, 0.3) is 5.91 Å². The van der Waals surface area contributed by atoms with E-state index in [0.29, 0.717) is 38.6 Å². The van der Waals surface area contributed by atoms with Crippen molar-refractivity contribution in [3.63, 3.8) is 0 Å². The van der Waals surface area contributed by atoms with Crippen LogP contribution in [-0.4, -0.2) is 59.6 Å². The van der Waals surface area contributed by atoms with Crippen molar-refractivity contribution < 1.29 is 35.9 Å². The molecule has 4 aromatic rings. The fourth-order valence-electron chi connectivity index (χ4n) is 5.53. The summed E-state index contributed by atoms with van der Waals surface area (Å²) in [5, 5.41) is 8.59. The van der Waals surface area contributed by atoms with Crippen molar-refractivity contribution in [2.75, 3.05) is 26.2 Å². The number of nitrogens with zero attached hydrogens (tertiary/aromatic N) is 3. The molecule has 2 aliphatic heterocycles. The molecule has 4 heterocycles. The number of aromatic nitrogens is 2. The smallest absolute Gasteiger partial charge is 0.406 e. The number of carbonyl (C=O) groups is 1. The largest absolute Gasteiger partial charge is 0.464 e. The van der Waals surface area contributed by atoms with Crippen LogP contribution in [0.3, 0.4) is 0 Å². The quantitative estimate of drug-likeness (QED) is 0.291. The highest BCUT2D eigenvalue weighted by molar-refractivity contribution is 6.02. The van der Waals surface area contributed by atoms with Crippen LogP contribution in [0.4, 0.5) is 22.0 Å². The molecule has 0 radical (unpaired) electrons. The number of furan rings is 1. The second-order valence-electron chi connectivity index (χ2n) is 10.0. The van der Waals surface area contributed by atoms with Crippen molar-refractivity contribution in [1.82, 2.24) is 20.0 Å².